The van der Waals surface area contributed by atoms with Gasteiger partial charge in [-0.1, -0.05) is 27.7 Å². The lowest BCUT2D eigenvalue weighted by atomic mass is 10.00. The van der Waals surface area contributed by atoms with E-state index in [9.17, 15) is 19.2 Å². The summed E-state index contributed by atoms with van der Waals surface area (Å²) >= 11 is 0. The van der Waals surface area contributed by atoms with E-state index >= 15 is 0 Å². The Kier molecular flexibility index (Phi) is 9.63. The van der Waals surface area contributed by atoms with Gasteiger partial charge in [0.2, 0.25) is 17.7 Å². The molecule has 9 heteroatoms. The van der Waals surface area contributed by atoms with E-state index in [0.717, 1.165) is 0 Å². The molecule has 0 aromatic heterocycles. The largest absolute Gasteiger partial charge is 0.480 e. The van der Waals surface area contributed by atoms with Gasteiger partial charge in [-0.05, 0) is 18.3 Å². The summed E-state index contributed by atoms with van der Waals surface area (Å²) in [5.41, 5.74) is 5.25. The lowest BCUT2D eigenvalue weighted by Crippen LogP contribution is -2.56. The Morgan fingerprint density at radius 1 is 1.00 bits per heavy atom. The van der Waals surface area contributed by atoms with Crippen LogP contribution in [-0.4, -0.2) is 54.0 Å². The van der Waals surface area contributed by atoms with Gasteiger partial charge in [-0.3, -0.25) is 19.2 Å². The van der Waals surface area contributed by atoms with Crippen molar-refractivity contribution >= 4 is 23.7 Å². The number of carboxylic acid groups (broad SMARTS) is 1. The number of nitrogens with two attached hydrogens (primary N) is 1. The summed E-state index contributed by atoms with van der Waals surface area (Å²) in [6.45, 7) is 6.47. The minimum Gasteiger partial charge on any atom is -0.480 e. The fourth-order valence-corrected chi connectivity index (χ4v) is 2.02. The van der Waals surface area contributed by atoms with E-state index in [1.807, 2.05) is 13.8 Å². The number of carbonyl (C=O) groups excluding carboxylic acids is 3. The van der Waals surface area contributed by atoms with Crippen molar-refractivity contribution in [3.05, 3.63) is 0 Å². The third-order valence-corrected chi connectivity index (χ3v) is 3.20. The van der Waals surface area contributed by atoms with Crippen molar-refractivity contribution in [2.24, 2.45) is 17.6 Å². The lowest BCUT2D eigenvalue weighted by Gasteiger charge is -2.25. The van der Waals surface area contributed by atoms with Crippen molar-refractivity contribution in [2.45, 2.75) is 46.2 Å². The molecule has 0 bridgehead atoms. The molecule has 0 aliphatic heterocycles. The number of aliphatic carboxylic acids is 1. The van der Waals surface area contributed by atoms with Crippen LogP contribution in [0.5, 0.6) is 0 Å². The highest BCUT2D eigenvalue weighted by Gasteiger charge is 2.29. The van der Waals surface area contributed by atoms with Crippen molar-refractivity contribution in [3.63, 3.8) is 0 Å². The zero-order valence-corrected chi connectivity index (χ0v) is 14.6. The highest BCUT2D eigenvalue weighted by Crippen LogP contribution is 2.08. The van der Waals surface area contributed by atoms with Crippen LogP contribution in [0.15, 0.2) is 0 Å². The summed E-state index contributed by atoms with van der Waals surface area (Å²) in [4.78, 5) is 46.5. The zero-order chi connectivity index (χ0) is 18.9. The van der Waals surface area contributed by atoms with Gasteiger partial charge in [0.25, 0.3) is 0 Å². The molecule has 0 aliphatic rings. The van der Waals surface area contributed by atoms with Crippen LogP contribution in [0.3, 0.4) is 0 Å². The Balaban J connectivity index is 5.00. The third kappa shape index (κ3) is 8.47. The quantitative estimate of drug-likeness (QED) is 0.336. The fourth-order valence-electron chi connectivity index (χ4n) is 2.02. The minimum atomic E-state index is -1.18. The average molecular weight is 344 g/mol. The SMILES string of the molecule is CC(C)CC(NC(=O)CN)C(=O)NC(C(=O)NCC(=O)O)C(C)C. The molecule has 0 aromatic rings. The van der Waals surface area contributed by atoms with Gasteiger partial charge in [-0.25, -0.2) is 0 Å². The van der Waals surface area contributed by atoms with Crippen LogP contribution >= 0.6 is 0 Å². The van der Waals surface area contributed by atoms with Crippen LogP contribution < -0.4 is 21.7 Å². The van der Waals surface area contributed by atoms with Crippen molar-refractivity contribution in [3.8, 4) is 0 Å². The summed E-state index contributed by atoms with van der Waals surface area (Å²) in [6, 6.07) is -1.71. The second kappa shape index (κ2) is 10.6. The van der Waals surface area contributed by atoms with Crippen LogP contribution in [0.25, 0.3) is 0 Å². The number of nitrogens with one attached hydrogen (secondary N) is 3. The molecule has 2 unspecified atom stereocenters. The van der Waals surface area contributed by atoms with Gasteiger partial charge < -0.3 is 26.8 Å². The molecule has 138 valence electrons. The monoisotopic (exact) mass is 344 g/mol. The molecule has 9 nitrogen and oxygen atoms in total. The molecule has 0 heterocycles. The Morgan fingerprint density at radius 2 is 1.58 bits per heavy atom. The molecule has 0 rings (SSSR count). The topological polar surface area (TPSA) is 151 Å². The Hall–Kier alpha value is -2.16. The molecule has 0 aliphatic carbocycles. The minimum absolute atomic E-state index is 0.136. The molecule has 0 fully saturated rings. The lowest BCUT2D eigenvalue weighted by molar-refractivity contribution is -0.139. The molecule has 0 aromatic carbocycles. The van der Waals surface area contributed by atoms with Gasteiger partial charge in [-0.15, -0.1) is 0 Å². The van der Waals surface area contributed by atoms with Gasteiger partial charge >= 0.3 is 5.97 Å². The van der Waals surface area contributed by atoms with Crippen molar-refractivity contribution < 1.29 is 24.3 Å². The zero-order valence-electron chi connectivity index (χ0n) is 14.6. The van der Waals surface area contributed by atoms with Gasteiger partial charge in [0, 0.05) is 0 Å². The van der Waals surface area contributed by atoms with E-state index in [1.165, 1.54) is 0 Å². The summed E-state index contributed by atoms with van der Waals surface area (Å²) in [5.74, 6) is -2.86. The number of hydrogen-bond donors (Lipinski definition) is 5. The highest BCUT2D eigenvalue weighted by atomic mass is 16.4. The first-order valence-corrected chi connectivity index (χ1v) is 7.87. The van der Waals surface area contributed by atoms with Crippen molar-refractivity contribution in [1.82, 2.24) is 16.0 Å². The van der Waals surface area contributed by atoms with E-state index < -0.39 is 42.3 Å². The second-order valence-electron chi connectivity index (χ2n) is 6.30. The van der Waals surface area contributed by atoms with Gasteiger partial charge in [0.05, 0.1) is 6.54 Å². The predicted molar refractivity (Wildman–Crippen MR) is 87.9 cm³/mol. The van der Waals surface area contributed by atoms with Crippen LogP contribution in [0.1, 0.15) is 34.1 Å². The number of carbonyl (C=O) groups is 4. The Labute approximate surface area is 141 Å². The van der Waals surface area contributed by atoms with Gasteiger partial charge in [-0.2, -0.15) is 0 Å². The highest BCUT2D eigenvalue weighted by molar-refractivity contribution is 5.93. The Morgan fingerprint density at radius 3 is 2.00 bits per heavy atom. The molecule has 0 saturated heterocycles. The standard InChI is InChI=1S/C15H28N4O5/c1-8(2)5-10(18-11(20)6-16)14(23)19-13(9(3)4)15(24)17-7-12(21)22/h8-10,13H,5-7,16H2,1-4H3,(H,17,24)(H,18,20)(H,19,23)(H,21,22). The molecule has 6 N–H and O–H groups in total. The van der Waals surface area contributed by atoms with E-state index in [2.05, 4.69) is 16.0 Å². The average Bonchev–Trinajstić information content (AvgIpc) is 2.48. The first kappa shape index (κ1) is 21.8. The van der Waals surface area contributed by atoms with E-state index in [4.69, 9.17) is 10.8 Å². The molecule has 2 atom stereocenters. The first-order valence-electron chi connectivity index (χ1n) is 7.87. The molecule has 3 amide bonds. The van der Waals surface area contributed by atoms with Crippen LogP contribution in [0.4, 0.5) is 0 Å². The molecule has 24 heavy (non-hydrogen) atoms. The molecule has 0 saturated carbocycles. The molecular formula is C15H28N4O5. The number of amides is 3. The maximum Gasteiger partial charge on any atom is 0.322 e. The van der Waals surface area contributed by atoms with E-state index in [1.54, 1.807) is 13.8 Å². The Bertz CT molecular complexity index is 465. The van der Waals surface area contributed by atoms with E-state index in [0.29, 0.717) is 6.42 Å². The number of rotatable bonds is 10. The second-order valence-corrected chi connectivity index (χ2v) is 6.30. The number of hydrogen-bond acceptors (Lipinski definition) is 5. The van der Waals surface area contributed by atoms with Gasteiger partial charge in [0.15, 0.2) is 0 Å². The normalized spacial score (nSPS) is 13.3. The van der Waals surface area contributed by atoms with Crippen molar-refractivity contribution in [1.29, 1.82) is 0 Å². The van der Waals surface area contributed by atoms with Crippen LogP contribution in [0.2, 0.25) is 0 Å². The molecule has 0 radical (unpaired) electrons. The summed E-state index contributed by atoms with van der Waals surface area (Å²) in [6.07, 6.45) is 0.388. The maximum absolute atomic E-state index is 12.4. The molecular weight excluding hydrogens is 316 g/mol. The van der Waals surface area contributed by atoms with Gasteiger partial charge in [0.1, 0.15) is 18.6 Å². The summed E-state index contributed by atoms with van der Waals surface area (Å²) in [5, 5.41) is 16.0. The van der Waals surface area contributed by atoms with Crippen LogP contribution in [-0.2, 0) is 19.2 Å². The number of carboxylic acids is 1. The van der Waals surface area contributed by atoms with Crippen LogP contribution in [0, 0.1) is 11.8 Å². The predicted octanol–water partition coefficient (Wildman–Crippen LogP) is -1.18. The third-order valence-electron chi connectivity index (χ3n) is 3.20. The maximum atomic E-state index is 12.4. The summed E-state index contributed by atoms with van der Waals surface area (Å²) < 4.78 is 0. The van der Waals surface area contributed by atoms with E-state index in [-0.39, 0.29) is 18.4 Å². The van der Waals surface area contributed by atoms with Crippen molar-refractivity contribution in [2.75, 3.05) is 13.1 Å². The first-order chi connectivity index (χ1) is 11.1. The molecule has 0 spiro atoms. The fraction of sp³-hybridized carbons (Fsp3) is 0.733. The smallest absolute Gasteiger partial charge is 0.322 e. The summed E-state index contributed by atoms with van der Waals surface area (Å²) in [7, 11) is 0.